The van der Waals surface area contributed by atoms with E-state index in [1.165, 1.54) is 6.07 Å². The van der Waals surface area contributed by atoms with Crippen molar-refractivity contribution in [3.05, 3.63) is 41.6 Å². The normalized spacial score (nSPS) is 22.0. The number of rotatable bonds is 8. The second kappa shape index (κ2) is 10.4. The molecule has 3 fully saturated rings. The zero-order chi connectivity index (χ0) is 31.1. The van der Waals surface area contributed by atoms with Gasteiger partial charge < -0.3 is 19.9 Å². The Hall–Kier alpha value is -3.78. The molecule has 2 N–H and O–H groups in total. The Bertz CT molecular complexity index is 1900. The van der Waals surface area contributed by atoms with Gasteiger partial charge in [-0.3, -0.25) is 9.20 Å². The standard InChI is InChI=1S/C30H35F2N7O4S/c1-16-27(23-12-18-6-11-24(39(30(31)32)44(3,41)42)35-28(18)36(23)15-17-4-5-17)34-25-13-19(14-26(43-2)37(16)25)29(40)38-20-7-9-21(33)22(38)10-8-20/h6,11-14,17,20-22,30H,4-5,7-10,15,33H2,1-3H3/t20-,21-,22-/m0/s1. The highest BCUT2D eigenvalue weighted by Crippen LogP contribution is 2.39. The number of methoxy groups -OCH3 is 1. The summed E-state index contributed by atoms with van der Waals surface area (Å²) < 4.78 is 61.6. The van der Waals surface area contributed by atoms with Crippen LogP contribution in [0.1, 0.15) is 54.6 Å². The molecule has 234 valence electrons. The van der Waals surface area contributed by atoms with Gasteiger partial charge >= 0.3 is 6.55 Å². The van der Waals surface area contributed by atoms with E-state index < -0.39 is 16.6 Å². The van der Waals surface area contributed by atoms with Crippen molar-refractivity contribution in [2.45, 2.75) is 76.7 Å². The fourth-order valence-corrected chi connectivity index (χ4v) is 7.78. The summed E-state index contributed by atoms with van der Waals surface area (Å²) in [7, 11) is -2.72. The van der Waals surface area contributed by atoms with Crippen molar-refractivity contribution in [1.29, 1.82) is 0 Å². The van der Waals surface area contributed by atoms with Gasteiger partial charge in [-0.25, -0.2) is 18.4 Å². The number of aryl methyl sites for hydroxylation is 1. The zero-order valence-electron chi connectivity index (χ0n) is 24.8. The zero-order valence-corrected chi connectivity index (χ0v) is 25.6. The summed E-state index contributed by atoms with van der Waals surface area (Å²) in [4.78, 5) is 25.2. The molecule has 0 spiro atoms. The van der Waals surface area contributed by atoms with Crippen molar-refractivity contribution in [3.8, 4) is 17.3 Å². The molecule has 0 aromatic carbocycles. The number of hydrogen-bond donors (Lipinski definition) is 1. The van der Waals surface area contributed by atoms with Gasteiger partial charge in [-0.2, -0.15) is 13.1 Å². The van der Waals surface area contributed by atoms with Crippen LogP contribution in [0, 0.1) is 12.8 Å². The molecule has 11 nitrogen and oxygen atoms in total. The van der Waals surface area contributed by atoms with Crippen LogP contribution in [-0.4, -0.2) is 76.2 Å². The lowest BCUT2D eigenvalue weighted by Gasteiger charge is -2.38. The van der Waals surface area contributed by atoms with E-state index in [9.17, 15) is 22.0 Å². The van der Waals surface area contributed by atoms with Gasteiger partial charge in [-0.15, -0.1) is 0 Å². The number of aromatic nitrogens is 4. The van der Waals surface area contributed by atoms with Crippen molar-refractivity contribution >= 4 is 38.4 Å². The molecule has 4 aromatic rings. The highest BCUT2D eigenvalue weighted by atomic mass is 32.2. The van der Waals surface area contributed by atoms with E-state index in [4.69, 9.17) is 15.5 Å². The average Bonchev–Trinajstić information content (AvgIpc) is 3.52. The SMILES string of the molecule is COc1cc(C(=O)N2[C@H]3CC[C@H](N)[C@@H]2CC3)cc2nc(-c3cc4ccc(N(C(F)F)S(C)(=O)=O)nc4n3CC3CC3)c(C)n12. The maximum Gasteiger partial charge on any atom is 0.329 e. The Morgan fingerprint density at radius 2 is 1.86 bits per heavy atom. The first-order valence-electron chi connectivity index (χ1n) is 14.9. The number of nitrogens with two attached hydrogens (primary N) is 1. The number of carbonyl (C=O) groups is 1. The van der Waals surface area contributed by atoms with E-state index in [1.54, 1.807) is 25.3 Å². The van der Waals surface area contributed by atoms with Gasteiger partial charge in [-0.1, -0.05) is 0 Å². The molecular weight excluding hydrogens is 592 g/mol. The predicted octanol–water partition coefficient (Wildman–Crippen LogP) is 4.16. The highest BCUT2D eigenvalue weighted by molar-refractivity contribution is 7.92. The summed E-state index contributed by atoms with van der Waals surface area (Å²) >= 11 is 0. The van der Waals surface area contributed by atoms with E-state index in [1.807, 2.05) is 26.9 Å². The molecular formula is C30H35F2N7O4S. The van der Waals surface area contributed by atoms with E-state index >= 15 is 0 Å². The smallest absolute Gasteiger partial charge is 0.329 e. The molecule has 4 aromatic heterocycles. The average molecular weight is 628 g/mol. The number of amides is 1. The van der Waals surface area contributed by atoms with Gasteiger partial charge in [0.2, 0.25) is 10.0 Å². The van der Waals surface area contributed by atoms with Crippen molar-refractivity contribution in [2.24, 2.45) is 11.7 Å². The van der Waals surface area contributed by atoms with Gasteiger partial charge in [-0.05, 0) is 75.6 Å². The minimum absolute atomic E-state index is 0.0275. The van der Waals surface area contributed by atoms with E-state index in [-0.39, 0.29) is 34.2 Å². The fourth-order valence-electron chi connectivity index (χ4n) is 7.05. The number of piperidine rings is 1. The lowest BCUT2D eigenvalue weighted by molar-refractivity contribution is 0.0562. The minimum atomic E-state index is -4.27. The molecule has 1 aliphatic carbocycles. The Kier molecular flexibility index (Phi) is 6.85. The van der Waals surface area contributed by atoms with Crippen LogP contribution >= 0.6 is 0 Å². The number of imidazole rings is 1. The first-order valence-corrected chi connectivity index (χ1v) is 16.7. The van der Waals surface area contributed by atoms with Crippen molar-refractivity contribution in [2.75, 3.05) is 17.7 Å². The van der Waals surface area contributed by atoms with Crippen molar-refractivity contribution in [3.63, 3.8) is 0 Å². The largest absolute Gasteiger partial charge is 0.482 e. The number of ether oxygens (including phenoxy) is 1. The van der Waals surface area contributed by atoms with E-state index in [2.05, 4.69) is 4.98 Å². The lowest BCUT2D eigenvalue weighted by atomic mass is 9.97. The molecule has 2 aliphatic heterocycles. The summed E-state index contributed by atoms with van der Waals surface area (Å²) in [5.74, 6) is 0.421. The van der Waals surface area contributed by atoms with Gasteiger partial charge in [0.25, 0.3) is 5.91 Å². The molecule has 2 saturated heterocycles. The number of halogens is 2. The summed E-state index contributed by atoms with van der Waals surface area (Å²) in [6.07, 6.45) is 6.46. The third kappa shape index (κ3) is 4.69. The highest BCUT2D eigenvalue weighted by Gasteiger charge is 2.44. The quantitative estimate of drug-likeness (QED) is 0.291. The first-order chi connectivity index (χ1) is 21.0. The number of pyridine rings is 2. The number of alkyl halides is 2. The Morgan fingerprint density at radius 3 is 2.55 bits per heavy atom. The third-order valence-electron chi connectivity index (χ3n) is 9.35. The number of fused-ring (bicyclic) bond motifs is 4. The topological polar surface area (TPSA) is 128 Å². The van der Waals surface area contributed by atoms with Gasteiger partial charge in [0.1, 0.15) is 22.8 Å². The molecule has 2 bridgehead atoms. The van der Waals surface area contributed by atoms with Crippen LogP contribution in [0.2, 0.25) is 0 Å². The maximum absolute atomic E-state index is 13.9. The number of carbonyl (C=O) groups excluding carboxylic acids is 1. The van der Waals surface area contributed by atoms with E-state index in [0.717, 1.165) is 56.2 Å². The lowest BCUT2D eigenvalue weighted by Crippen LogP contribution is -2.53. The van der Waals surface area contributed by atoms with Crippen LogP contribution in [0.3, 0.4) is 0 Å². The Morgan fingerprint density at radius 1 is 1.11 bits per heavy atom. The first kappa shape index (κ1) is 29.0. The predicted molar refractivity (Wildman–Crippen MR) is 161 cm³/mol. The molecule has 0 unspecified atom stereocenters. The number of anilines is 1. The van der Waals surface area contributed by atoms with Gasteiger partial charge in [0, 0.05) is 41.7 Å². The minimum Gasteiger partial charge on any atom is -0.482 e. The third-order valence-corrected chi connectivity index (χ3v) is 10.4. The monoisotopic (exact) mass is 627 g/mol. The molecule has 7 rings (SSSR count). The molecule has 6 heterocycles. The van der Waals surface area contributed by atoms with Crippen molar-refractivity contribution in [1.82, 2.24) is 23.8 Å². The Labute approximate surface area is 253 Å². The molecule has 3 aliphatic rings. The van der Waals surface area contributed by atoms with Gasteiger partial charge in [0.05, 0.1) is 24.8 Å². The second-order valence-corrected chi connectivity index (χ2v) is 14.1. The maximum atomic E-state index is 13.9. The summed E-state index contributed by atoms with van der Waals surface area (Å²) in [5.41, 5.74) is 9.91. The molecule has 3 atom stereocenters. The van der Waals surface area contributed by atoms with Crippen LogP contribution < -0.4 is 14.8 Å². The molecule has 14 heteroatoms. The molecule has 0 radical (unpaired) electrons. The van der Waals surface area contributed by atoms with Crippen molar-refractivity contribution < 1.29 is 26.7 Å². The summed E-state index contributed by atoms with van der Waals surface area (Å²) in [6, 6.07) is 8.48. The second-order valence-electron chi connectivity index (χ2n) is 12.3. The number of nitrogens with zero attached hydrogens (tertiary/aromatic N) is 6. The van der Waals surface area contributed by atoms with Crippen LogP contribution in [0.5, 0.6) is 5.88 Å². The number of hydrogen-bond acceptors (Lipinski definition) is 7. The van der Waals surface area contributed by atoms with Crippen LogP contribution in [0.4, 0.5) is 14.6 Å². The summed E-state index contributed by atoms with van der Waals surface area (Å²) in [6.45, 7) is -0.791. The van der Waals surface area contributed by atoms with Crippen LogP contribution in [0.25, 0.3) is 28.1 Å². The number of sulfonamides is 1. The van der Waals surface area contributed by atoms with E-state index in [0.29, 0.717) is 46.3 Å². The van der Waals surface area contributed by atoms with Crippen LogP contribution in [0.15, 0.2) is 30.3 Å². The molecule has 1 saturated carbocycles. The summed E-state index contributed by atoms with van der Waals surface area (Å²) in [5, 5.41) is 0.670. The van der Waals surface area contributed by atoms with Gasteiger partial charge in [0.15, 0.2) is 5.88 Å². The Balaban J connectivity index is 1.35. The van der Waals surface area contributed by atoms with Crippen LogP contribution in [-0.2, 0) is 16.6 Å². The molecule has 1 amide bonds. The molecule has 44 heavy (non-hydrogen) atoms. The fraction of sp³-hybridized carbons (Fsp3) is 0.500.